The normalized spacial score (nSPS) is 11.1. The topological polar surface area (TPSA) is 69.4 Å². The molecule has 0 saturated carbocycles. The summed E-state index contributed by atoms with van der Waals surface area (Å²) in [6.45, 7) is 0. The van der Waals surface area contributed by atoms with Crippen LogP contribution in [0.4, 0.5) is 5.69 Å². The number of ether oxygens (including phenoxy) is 1. The minimum atomic E-state index is -3.01. The Balaban J connectivity index is 1.71. The third kappa shape index (κ3) is 4.60. The molecule has 0 aliphatic heterocycles. The predicted molar refractivity (Wildman–Crippen MR) is 126 cm³/mol. The molecule has 0 unspecified atom stereocenters. The molecule has 0 amide bonds. The summed E-state index contributed by atoms with van der Waals surface area (Å²) < 4.78 is 20.1. The van der Waals surface area contributed by atoms with Crippen molar-refractivity contribution < 1.29 is 14.1 Å². The molecule has 0 aromatic heterocycles. The molecule has 4 aromatic carbocycles. The van der Waals surface area contributed by atoms with Crippen molar-refractivity contribution in [1.29, 1.82) is 0 Å². The first-order chi connectivity index (χ1) is 15.1. The highest BCUT2D eigenvalue weighted by atomic mass is 31.2. The van der Waals surface area contributed by atoms with Crippen molar-refractivity contribution in [1.82, 2.24) is 0 Å². The molecule has 4 rings (SSSR count). The third-order valence-corrected chi connectivity index (χ3v) is 8.09. The van der Waals surface area contributed by atoms with Crippen molar-refractivity contribution >= 4 is 29.4 Å². The number of nitrogens with two attached hydrogens (primary N) is 1. The lowest BCUT2D eigenvalue weighted by molar-refractivity contribution is 0.0733. The number of carbonyl (C=O) groups is 1. The van der Waals surface area contributed by atoms with Crippen LogP contribution in [0.15, 0.2) is 109 Å². The molecule has 4 aromatic rings. The van der Waals surface area contributed by atoms with E-state index >= 15 is 0 Å². The molecule has 0 saturated heterocycles. The number of para-hydroxylation sites is 1. The summed E-state index contributed by atoms with van der Waals surface area (Å²) in [6.07, 6.45) is 0.238. The minimum Gasteiger partial charge on any atom is -0.423 e. The predicted octanol–water partition coefficient (Wildman–Crippen LogP) is 5.00. The van der Waals surface area contributed by atoms with Crippen molar-refractivity contribution in [2.45, 2.75) is 6.16 Å². The average Bonchev–Trinajstić information content (AvgIpc) is 2.81. The highest BCUT2D eigenvalue weighted by Crippen LogP contribution is 2.48. The lowest BCUT2D eigenvalue weighted by atomic mass is 10.2. The molecule has 2 N–H and O–H groups in total. The Labute approximate surface area is 181 Å². The van der Waals surface area contributed by atoms with Gasteiger partial charge in [-0.05, 0) is 24.3 Å². The first-order valence-electron chi connectivity index (χ1n) is 9.92. The number of carbonyl (C=O) groups excluding carboxylic acids is 1. The molecule has 0 fully saturated rings. The Hall–Kier alpha value is -3.62. The summed E-state index contributed by atoms with van der Waals surface area (Å²) in [6, 6.07) is 32.7. The highest BCUT2D eigenvalue weighted by Gasteiger charge is 2.29. The van der Waals surface area contributed by atoms with E-state index in [1.807, 2.05) is 72.8 Å². The fourth-order valence-electron chi connectivity index (χ4n) is 3.47. The van der Waals surface area contributed by atoms with E-state index in [0.29, 0.717) is 22.6 Å². The van der Waals surface area contributed by atoms with Gasteiger partial charge in [-0.2, -0.15) is 0 Å². The van der Waals surface area contributed by atoms with Crippen LogP contribution in [-0.2, 0) is 10.7 Å². The van der Waals surface area contributed by atoms with Crippen LogP contribution in [0.25, 0.3) is 0 Å². The van der Waals surface area contributed by atoms with Crippen molar-refractivity contribution in [2.24, 2.45) is 0 Å². The number of benzene rings is 4. The molecule has 0 aliphatic rings. The zero-order chi connectivity index (χ0) is 21.7. The van der Waals surface area contributed by atoms with Gasteiger partial charge < -0.3 is 15.0 Å². The Kier molecular flexibility index (Phi) is 6.01. The fourth-order valence-corrected chi connectivity index (χ4v) is 6.18. The summed E-state index contributed by atoms with van der Waals surface area (Å²) >= 11 is 0. The van der Waals surface area contributed by atoms with E-state index in [1.54, 1.807) is 36.4 Å². The molecule has 0 radical (unpaired) electrons. The molecule has 5 heteroatoms. The molecule has 0 aliphatic carbocycles. The number of rotatable bonds is 6. The zero-order valence-corrected chi connectivity index (χ0v) is 17.7. The largest absolute Gasteiger partial charge is 0.423 e. The van der Waals surface area contributed by atoms with Gasteiger partial charge in [-0.15, -0.1) is 0 Å². The van der Waals surface area contributed by atoms with E-state index in [2.05, 4.69) is 0 Å². The van der Waals surface area contributed by atoms with Gasteiger partial charge in [0.15, 0.2) is 0 Å². The van der Waals surface area contributed by atoms with E-state index in [-0.39, 0.29) is 6.16 Å². The zero-order valence-electron chi connectivity index (χ0n) is 16.8. The van der Waals surface area contributed by atoms with E-state index < -0.39 is 13.1 Å². The number of hydrogen-bond acceptors (Lipinski definition) is 4. The van der Waals surface area contributed by atoms with Gasteiger partial charge in [-0.1, -0.05) is 84.9 Å². The van der Waals surface area contributed by atoms with Crippen LogP contribution in [0.2, 0.25) is 0 Å². The van der Waals surface area contributed by atoms with Gasteiger partial charge >= 0.3 is 5.97 Å². The maximum Gasteiger partial charge on any atom is 0.343 e. The molecule has 31 heavy (non-hydrogen) atoms. The summed E-state index contributed by atoms with van der Waals surface area (Å²) in [5, 5.41) is 1.52. The van der Waals surface area contributed by atoms with Gasteiger partial charge in [-0.25, -0.2) is 4.79 Å². The maximum absolute atomic E-state index is 14.4. The van der Waals surface area contributed by atoms with Gasteiger partial charge in [0, 0.05) is 28.0 Å². The summed E-state index contributed by atoms with van der Waals surface area (Å²) in [7, 11) is -3.01. The number of hydrogen-bond donors (Lipinski definition) is 1. The molecule has 0 atom stereocenters. The molecular weight excluding hydrogens is 405 g/mol. The first kappa shape index (κ1) is 20.6. The SMILES string of the molecule is Nc1cccc(C(=O)Oc2ccccc2CP(=O)(c2ccccc2)c2ccccc2)c1. The lowest BCUT2D eigenvalue weighted by Gasteiger charge is -2.21. The minimum absolute atomic E-state index is 0.238. The van der Waals surface area contributed by atoms with Crippen LogP contribution >= 0.6 is 7.14 Å². The Bertz CT molecular complexity index is 1200. The summed E-state index contributed by atoms with van der Waals surface area (Å²) in [5.41, 5.74) is 7.34. The van der Waals surface area contributed by atoms with E-state index in [0.717, 1.165) is 10.6 Å². The van der Waals surface area contributed by atoms with Crippen LogP contribution < -0.4 is 21.1 Å². The summed E-state index contributed by atoms with van der Waals surface area (Å²) in [5.74, 6) is -0.115. The van der Waals surface area contributed by atoms with Gasteiger partial charge in [0.25, 0.3) is 0 Å². The van der Waals surface area contributed by atoms with Crippen molar-refractivity contribution in [3.8, 4) is 5.75 Å². The molecular formula is C26H22NO3P. The van der Waals surface area contributed by atoms with Crippen LogP contribution in [-0.4, -0.2) is 5.97 Å². The van der Waals surface area contributed by atoms with Crippen LogP contribution in [0.1, 0.15) is 15.9 Å². The third-order valence-electron chi connectivity index (χ3n) is 5.04. The van der Waals surface area contributed by atoms with Crippen LogP contribution in [0.3, 0.4) is 0 Å². The first-order valence-corrected chi connectivity index (χ1v) is 11.8. The second-order valence-electron chi connectivity index (χ2n) is 7.19. The van der Waals surface area contributed by atoms with Crippen LogP contribution in [0.5, 0.6) is 5.75 Å². The molecule has 4 nitrogen and oxygen atoms in total. The van der Waals surface area contributed by atoms with E-state index in [4.69, 9.17) is 10.5 Å². The quantitative estimate of drug-likeness (QED) is 0.203. The van der Waals surface area contributed by atoms with Crippen molar-refractivity contribution in [3.05, 3.63) is 120 Å². The van der Waals surface area contributed by atoms with Crippen molar-refractivity contribution in [3.63, 3.8) is 0 Å². The molecule has 154 valence electrons. The number of nitrogen functional groups attached to an aromatic ring is 1. The number of anilines is 1. The molecule has 0 bridgehead atoms. The maximum atomic E-state index is 14.4. The molecule has 0 spiro atoms. The van der Waals surface area contributed by atoms with Gasteiger partial charge in [-0.3, -0.25) is 0 Å². The Morgan fingerprint density at radius 3 is 1.94 bits per heavy atom. The standard InChI is InChI=1S/C26H22NO3P/c27-22-12-9-11-20(18-22)26(28)30-25-17-8-7-10-21(25)19-31(29,23-13-3-1-4-14-23)24-15-5-2-6-16-24/h1-18H,19,27H2. The fraction of sp³-hybridized carbons (Fsp3) is 0.0385. The second kappa shape index (κ2) is 9.03. The highest BCUT2D eigenvalue weighted by molar-refractivity contribution is 7.78. The van der Waals surface area contributed by atoms with Gasteiger partial charge in [0.05, 0.1) is 5.56 Å². The van der Waals surface area contributed by atoms with Crippen LogP contribution in [0, 0.1) is 0 Å². The second-order valence-corrected chi connectivity index (χ2v) is 10.0. The van der Waals surface area contributed by atoms with Crippen molar-refractivity contribution in [2.75, 3.05) is 5.73 Å². The Morgan fingerprint density at radius 2 is 1.32 bits per heavy atom. The monoisotopic (exact) mass is 427 g/mol. The smallest absolute Gasteiger partial charge is 0.343 e. The van der Waals surface area contributed by atoms with E-state index in [9.17, 15) is 9.36 Å². The van der Waals surface area contributed by atoms with E-state index in [1.165, 1.54) is 0 Å². The number of esters is 1. The van der Waals surface area contributed by atoms with Gasteiger partial charge in [0.1, 0.15) is 12.9 Å². The Morgan fingerprint density at radius 1 is 0.742 bits per heavy atom. The molecule has 0 heterocycles. The average molecular weight is 427 g/mol. The lowest BCUT2D eigenvalue weighted by Crippen LogP contribution is -2.18. The van der Waals surface area contributed by atoms with Gasteiger partial charge in [0.2, 0.25) is 0 Å². The summed E-state index contributed by atoms with van der Waals surface area (Å²) in [4.78, 5) is 12.7.